The lowest BCUT2D eigenvalue weighted by atomic mass is 10.1. The van der Waals surface area contributed by atoms with Gasteiger partial charge in [0.1, 0.15) is 0 Å². The lowest BCUT2D eigenvalue weighted by Crippen LogP contribution is -2.37. The predicted octanol–water partition coefficient (Wildman–Crippen LogP) is 3.02. The Morgan fingerprint density at radius 3 is 2.95 bits per heavy atom. The Hall–Kier alpha value is -0.900. The molecule has 1 heterocycles. The van der Waals surface area contributed by atoms with Gasteiger partial charge in [0.05, 0.1) is 6.10 Å². The Morgan fingerprint density at radius 1 is 1.53 bits per heavy atom. The van der Waals surface area contributed by atoms with Crippen LogP contribution in [-0.2, 0) is 4.74 Å². The van der Waals surface area contributed by atoms with E-state index >= 15 is 0 Å². The standard InChI is InChI=1S/C15H20ClNO2/c1-11-14(7-9-19-11)17(2)8-6-15(18)12-4-3-5-13(16)10-12/h3-5,10-11,14H,6-9H2,1-2H3. The predicted molar refractivity (Wildman–Crippen MR) is 76.8 cm³/mol. The number of ether oxygens (including phenoxy) is 1. The zero-order valence-corrected chi connectivity index (χ0v) is 12.2. The Labute approximate surface area is 119 Å². The van der Waals surface area contributed by atoms with Crippen LogP contribution in [0.15, 0.2) is 24.3 Å². The summed E-state index contributed by atoms with van der Waals surface area (Å²) in [6.07, 6.45) is 1.81. The van der Waals surface area contributed by atoms with E-state index in [0.717, 1.165) is 19.6 Å². The molecule has 1 saturated heterocycles. The minimum atomic E-state index is 0.140. The van der Waals surface area contributed by atoms with Gasteiger partial charge < -0.3 is 9.64 Å². The summed E-state index contributed by atoms with van der Waals surface area (Å²) in [5.74, 6) is 0.140. The second-order valence-electron chi connectivity index (χ2n) is 5.10. The Balaban J connectivity index is 1.86. The maximum Gasteiger partial charge on any atom is 0.164 e. The van der Waals surface area contributed by atoms with E-state index in [1.165, 1.54) is 0 Å². The van der Waals surface area contributed by atoms with Gasteiger partial charge in [0, 0.05) is 36.2 Å². The average molecular weight is 282 g/mol. The van der Waals surface area contributed by atoms with E-state index in [-0.39, 0.29) is 11.9 Å². The molecule has 0 amide bonds. The van der Waals surface area contributed by atoms with Crippen LogP contribution in [0, 0.1) is 0 Å². The number of carbonyl (C=O) groups is 1. The molecular weight excluding hydrogens is 262 g/mol. The van der Waals surface area contributed by atoms with Crippen LogP contribution in [-0.4, -0.2) is 43.0 Å². The van der Waals surface area contributed by atoms with Crippen molar-refractivity contribution in [1.82, 2.24) is 4.90 Å². The van der Waals surface area contributed by atoms with E-state index in [1.807, 2.05) is 12.1 Å². The van der Waals surface area contributed by atoms with Crippen molar-refractivity contribution >= 4 is 17.4 Å². The van der Waals surface area contributed by atoms with Gasteiger partial charge in [0.25, 0.3) is 0 Å². The Morgan fingerprint density at radius 2 is 2.32 bits per heavy atom. The van der Waals surface area contributed by atoms with Gasteiger partial charge in [-0.05, 0) is 32.5 Å². The molecule has 0 radical (unpaired) electrons. The smallest absolute Gasteiger partial charge is 0.164 e. The number of hydrogen-bond donors (Lipinski definition) is 0. The van der Waals surface area contributed by atoms with Crippen molar-refractivity contribution in [3.8, 4) is 0 Å². The fraction of sp³-hybridized carbons (Fsp3) is 0.533. The number of Topliss-reactive ketones (excluding diaryl/α,β-unsaturated/α-hetero) is 1. The van der Waals surface area contributed by atoms with Crippen molar-refractivity contribution in [2.75, 3.05) is 20.2 Å². The number of likely N-dealkylation sites (N-methyl/N-ethyl adjacent to an activating group) is 1. The van der Waals surface area contributed by atoms with Crippen LogP contribution in [0.25, 0.3) is 0 Å². The third-order valence-corrected chi connectivity index (χ3v) is 3.98. The molecule has 2 rings (SSSR count). The van der Waals surface area contributed by atoms with Gasteiger partial charge in [-0.15, -0.1) is 0 Å². The van der Waals surface area contributed by atoms with Crippen LogP contribution in [0.5, 0.6) is 0 Å². The first-order chi connectivity index (χ1) is 9.08. The van der Waals surface area contributed by atoms with Gasteiger partial charge in [0.15, 0.2) is 5.78 Å². The van der Waals surface area contributed by atoms with Gasteiger partial charge in [0.2, 0.25) is 0 Å². The van der Waals surface area contributed by atoms with Crippen LogP contribution >= 0.6 is 11.6 Å². The molecule has 1 fully saturated rings. The topological polar surface area (TPSA) is 29.5 Å². The highest BCUT2D eigenvalue weighted by Crippen LogP contribution is 2.19. The average Bonchev–Trinajstić information content (AvgIpc) is 2.82. The third kappa shape index (κ3) is 3.78. The summed E-state index contributed by atoms with van der Waals surface area (Å²) in [6, 6.07) is 7.56. The second kappa shape index (κ2) is 6.51. The first-order valence-electron chi connectivity index (χ1n) is 6.68. The maximum atomic E-state index is 12.1. The van der Waals surface area contributed by atoms with Gasteiger partial charge in [-0.1, -0.05) is 23.7 Å². The summed E-state index contributed by atoms with van der Waals surface area (Å²) in [4.78, 5) is 14.3. The highest BCUT2D eigenvalue weighted by Gasteiger charge is 2.27. The van der Waals surface area contributed by atoms with E-state index in [1.54, 1.807) is 12.1 Å². The molecule has 4 heteroatoms. The molecule has 3 nitrogen and oxygen atoms in total. The van der Waals surface area contributed by atoms with Crippen molar-refractivity contribution < 1.29 is 9.53 Å². The first kappa shape index (κ1) is 14.5. The molecule has 0 N–H and O–H groups in total. The van der Waals surface area contributed by atoms with Gasteiger partial charge in [-0.25, -0.2) is 0 Å². The van der Waals surface area contributed by atoms with Crippen LogP contribution < -0.4 is 0 Å². The van der Waals surface area contributed by atoms with Crippen molar-refractivity contribution in [3.05, 3.63) is 34.9 Å². The Kier molecular flexibility index (Phi) is 4.97. The molecule has 1 aromatic carbocycles. The molecule has 0 aliphatic carbocycles. The van der Waals surface area contributed by atoms with Crippen LogP contribution in [0.2, 0.25) is 5.02 Å². The van der Waals surface area contributed by atoms with Gasteiger partial charge in [-0.2, -0.15) is 0 Å². The molecule has 2 unspecified atom stereocenters. The molecule has 1 aliphatic rings. The van der Waals surface area contributed by atoms with Gasteiger partial charge in [-0.3, -0.25) is 4.79 Å². The number of benzene rings is 1. The summed E-state index contributed by atoms with van der Waals surface area (Å²) < 4.78 is 5.55. The van der Waals surface area contributed by atoms with E-state index in [0.29, 0.717) is 23.0 Å². The minimum absolute atomic E-state index is 0.140. The van der Waals surface area contributed by atoms with Crippen molar-refractivity contribution in [3.63, 3.8) is 0 Å². The number of rotatable bonds is 5. The normalized spacial score (nSPS) is 22.9. The first-order valence-corrected chi connectivity index (χ1v) is 7.06. The van der Waals surface area contributed by atoms with E-state index in [2.05, 4.69) is 18.9 Å². The van der Waals surface area contributed by atoms with E-state index in [9.17, 15) is 4.79 Å². The number of ketones is 1. The molecule has 0 bridgehead atoms. The fourth-order valence-corrected chi connectivity index (χ4v) is 2.74. The molecule has 0 spiro atoms. The third-order valence-electron chi connectivity index (χ3n) is 3.74. The highest BCUT2D eigenvalue weighted by atomic mass is 35.5. The van der Waals surface area contributed by atoms with Crippen molar-refractivity contribution in [1.29, 1.82) is 0 Å². The monoisotopic (exact) mass is 281 g/mol. The van der Waals surface area contributed by atoms with E-state index in [4.69, 9.17) is 16.3 Å². The lowest BCUT2D eigenvalue weighted by molar-refractivity contribution is 0.0793. The Bertz CT molecular complexity index is 450. The minimum Gasteiger partial charge on any atom is -0.377 e. The van der Waals surface area contributed by atoms with Crippen molar-refractivity contribution in [2.24, 2.45) is 0 Å². The molecule has 0 aromatic heterocycles. The van der Waals surface area contributed by atoms with Gasteiger partial charge >= 0.3 is 0 Å². The molecule has 104 valence electrons. The van der Waals surface area contributed by atoms with Crippen molar-refractivity contribution in [2.45, 2.75) is 31.9 Å². The van der Waals surface area contributed by atoms with E-state index < -0.39 is 0 Å². The molecule has 1 aliphatic heterocycles. The summed E-state index contributed by atoms with van der Waals surface area (Å²) in [7, 11) is 2.06. The second-order valence-corrected chi connectivity index (χ2v) is 5.53. The summed E-state index contributed by atoms with van der Waals surface area (Å²) >= 11 is 5.90. The van der Waals surface area contributed by atoms with Crippen LogP contribution in [0.3, 0.4) is 0 Å². The zero-order chi connectivity index (χ0) is 13.8. The number of nitrogens with zero attached hydrogens (tertiary/aromatic N) is 1. The molecule has 19 heavy (non-hydrogen) atoms. The molecule has 0 saturated carbocycles. The number of halogens is 1. The quantitative estimate of drug-likeness (QED) is 0.777. The molecule has 1 aromatic rings. The largest absolute Gasteiger partial charge is 0.377 e. The summed E-state index contributed by atoms with van der Waals surface area (Å²) in [5, 5.41) is 0.608. The SMILES string of the molecule is CC1OCCC1N(C)CCC(=O)c1cccc(Cl)c1. The molecular formula is C15H20ClNO2. The molecule has 2 atom stereocenters. The lowest BCUT2D eigenvalue weighted by Gasteiger charge is -2.26. The van der Waals surface area contributed by atoms with Crippen LogP contribution in [0.4, 0.5) is 0 Å². The number of carbonyl (C=O) groups excluding carboxylic acids is 1. The summed E-state index contributed by atoms with van der Waals surface area (Å²) in [5.41, 5.74) is 0.691. The summed E-state index contributed by atoms with van der Waals surface area (Å²) in [6.45, 7) is 3.66. The maximum absolute atomic E-state index is 12.1. The highest BCUT2D eigenvalue weighted by molar-refractivity contribution is 6.31. The zero-order valence-electron chi connectivity index (χ0n) is 11.4. The van der Waals surface area contributed by atoms with Crippen LogP contribution in [0.1, 0.15) is 30.1 Å². The fourth-order valence-electron chi connectivity index (χ4n) is 2.55. The number of hydrogen-bond acceptors (Lipinski definition) is 3.